The van der Waals surface area contributed by atoms with Gasteiger partial charge in [0.25, 0.3) is 0 Å². The Morgan fingerprint density at radius 1 is 1.60 bits per heavy atom. The molecule has 3 nitrogen and oxygen atoms in total. The van der Waals surface area contributed by atoms with Gasteiger partial charge in [0.05, 0.1) is 0 Å². The van der Waals surface area contributed by atoms with E-state index in [0.717, 1.165) is 12.4 Å². The Kier molecular flexibility index (Phi) is 1.03. The number of hydrogen-bond acceptors (Lipinski definition) is 2. The molecule has 0 aliphatic carbocycles. The molecule has 4 heteroatoms. The lowest BCUT2D eigenvalue weighted by Gasteiger charge is -1.92. The predicted molar refractivity (Wildman–Crippen MR) is 33.2 cm³/mol. The van der Waals surface area contributed by atoms with E-state index in [4.69, 9.17) is 0 Å². The van der Waals surface area contributed by atoms with E-state index in [1.807, 2.05) is 11.5 Å². The minimum absolute atomic E-state index is 0.498. The van der Waals surface area contributed by atoms with Crippen LogP contribution in [0.5, 0.6) is 0 Å². The fourth-order valence-electron chi connectivity index (χ4n) is 1.28. The first-order valence-corrected chi connectivity index (χ1v) is 3.33. The van der Waals surface area contributed by atoms with Crippen molar-refractivity contribution < 1.29 is 4.39 Å². The van der Waals surface area contributed by atoms with Gasteiger partial charge in [0.2, 0.25) is 0 Å². The Hall–Kier alpha value is -0.930. The predicted octanol–water partition coefficient (Wildman–Crippen LogP) is 1.00. The molecule has 1 aromatic heterocycles. The maximum atomic E-state index is 12.8. The minimum Gasteiger partial charge on any atom is -0.313 e. The number of aromatic nitrogens is 3. The number of rotatable bonds is 0. The van der Waals surface area contributed by atoms with E-state index in [9.17, 15) is 4.39 Å². The summed E-state index contributed by atoms with van der Waals surface area (Å²) in [5.41, 5.74) is 0. The summed E-state index contributed by atoms with van der Waals surface area (Å²) in [7, 11) is 0. The van der Waals surface area contributed by atoms with Crippen LogP contribution >= 0.6 is 0 Å². The molecule has 54 valence electrons. The standard InChI is InChI=1S/C6H8FN3/c1-4-8-9-6-5(7)2-3-10(4)6/h5H,2-3H2,1H3. The highest BCUT2D eigenvalue weighted by molar-refractivity contribution is 5.02. The highest BCUT2D eigenvalue weighted by Gasteiger charge is 2.25. The SMILES string of the molecule is Cc1nnc2n1CCC2F. The summed E-state index contributed by atoms with van der Waals surface area (Å²) in [6, 6.07) is 0. The molecular formula is C6H8FN3. The maximum absolute atomic E-state index is 12.8. The monoisotopic (exact) mass is 141 g/mol. The molecule has 0 saturated carbocycles. The van der Waals surface area contributed by atoms with Crippen LogP contribution in [0.3, 0.4) is 0 Å². The molecule has 1 aliphatic rings. The second kappa shape index (κ2) is 1.78. The lowest BCUT2D eigenvalue weighted by molar-refractivity contribution is 0.335. The van der Waals surface area contributed by atoms with Crippen LogP contribution in [0.25, 0.3) is 0 Å². The molecule has 0 radical (unpaired) electrons. The van der Waals surface area contributed by atoms with E-state index in [-0.39, 0.29) is 0 Å². The van der Waals surface area contributed by atoms with Crippen LogP contribution in [0, 0.1) is 6.92 Å². The fourth-order valence-corrected chi connectivity index (χ4v) is 1.28. The lowest BCUT2D eigenvalue weighted by Crippen LogP contribution is -1.94. The van der Waals surface area contributed by atoms with Crippen molar-refractivity contribution in [2.24, 2.45) is 0 Å². The van der Waals surface area contributed by atoms with Gasteiger partial charge in [0.15, 0.2) is 12.0 Å². The van der Waals surface area contributed by atoms with Crippen molar-refractivity contribution in [3.05, 3.63) is 11.6 Å². The largest absolute Gasteiger partial charge is 0.313 e. The Balaban J connectivity index is 2.53. The van der Waals surface area contributed by atoms with Crippen molar-refractivity contribution in [3.8, 4) is 0 Å². The van der Waals surface area contributed by atoms with Gasteiger partial charge in [-0.05, 0) is 6.92 Å². The molecule has 10 heavy (non-hydrogen) atoms. The molecule has 0 aromatic carbocycles. The van der Waals surface area contributed by atoms with E-state index in [0.29, 0.717) is 12.2 Å². The zero-order chi connectivity index (χ0) is 7.14. The molecule has 0 spiro atoms. The summed E-state index contributed by atoms with van der Waals surface area (Å²) in [5.74, 6) is 1.31. The number of nitrogens with zero attached hydrogens (tertiary/aromatic N) is 3. The van der Waals surface area contributed by atoms with Crippen molar-refractivity contribution in [1.82, 2.24) is 14.8 Å². The van der Waals surface area contributed by atoms with Crippen LogP contribution in [0.4, 0.5) is 4.39 Å². The number of fused-ring (bicyclic) bond motifs is 1. The summed E-state index contributed by atoms with van der Waals surface area (Å²) >= 11 is 0. The highest BCUT2D eigenvalue weighted by Crippen LogP contribution is 2.27. The van der Waals surface area contributed by atoms with E-state index >= 15 is 0 Å². The summed E-state index contributed by atoms with van der Waals surface area (Å²) in [5, 5.41) is 7.48. The zero-order valence-electron chi connectivity index (χ0n) is 5.71. The van der Waals surface area contributed by atoms with Crippen LogP contribution in [-0.2, 0) is 6.54 Å². The van der Waals surface area contributed by atoms with Gasteiger partial charge >= 0.3 is 0 Å². The fraction of sp³-hybridized carbons (Fsp3) is 0.667. The van der Waals surface area contributed by atoms with Crippen molar-refractivity contribution >= 4 is 0 Å². The normalized spacial score (nSPS) is 23.2. The van der Waals surface area contributed by atoms with Gasteiger partial charge in [-0.2, -0.15) is 0 Å². The van der Waals surface area contributed by atoms with Crippen LogP contribution in [0.1, 0.15) is 24.2 Å². The second-order valence-electron chi connectivity index (χ2n) is 2.51. The van der Waals surface area contributed by atoms with Gasteiger partial charge in [-0.1, -0.05) is 0 Å². The Morgan fingerprint density at radius 2 is 2.40 bits per heavy atom. The van der Waals surface area contributed by atoms with E-state index in [2.05, 4.69) is 10.2 Å². The molecular weight excluding hydrogens is 133 g/mol. The third-order valence-electron chi connectivity index (χ3n) is 1.85. The zero-order valence-corrected chi connectivity index (χ0v) is 5.71. The van der Waals surface area contributed by atoms with Crippen molar-refractivity contribution in [1.29, 1.82) is 0 Å². The average Bonchev–Trinajstić information content (AvgIpc) is 2.41. The van der Waals surface area contributed by atoms with Crippen LogP contribution in [0.2, 0.25) is 0 Å². The van der Waals surface area contributed by atoms with Crippen molar-refractivity contribution in [2.45, 2.75) is 26.1 Å². The van der Waals surface area contributed by atoms with E-state index < -0.39 is 6.17 Å². The van der Waals surface area contributed by atoms with Gasteiger partial charge in [-0.3, -0.25) is 0 Å². The topological polar surface area (TPSA) is 30.7 Å². The second-order valence-corrected chi connectivity index (χ2v) is 2.51. The summed E-state index contributed by atoms with van der Waals surface area (Å²) in [6.07, 6.45) is -0.327. The molecule has 1 aliphatic heterocycles. The number of alkyl halides is 1. The smallest absolute Gasteiger partial charge is 0.167 e. The van der Waals surface area contributed by atoms with E-state index in [1.54, 1.807) is 0 Å². The number of halogens is 1. The van der Waals surface area contributed by atoms with Gasteiger partial charge in [-0.15, -0.1) is 10.2 Å². The third kappa shape index (κ3) is 0.587. The Morgan fingerprint density at radius 3 is 3.10 bits per heavy atom. The third-order valence-corrected chi connectivity index (χ3v) is 1.85. The molecule has 2 rings (SSSR count). The molecule has 0 amide bonds. The van der Waals surface area contributed by atoms with Crippen LogP contribution in [0.15, 0.2) is 0 Å². The van der Waals surface area contributed by atoms with Crippen molar-refractivity contribution in [3.63, 3.8) is 0 Å². The van der Waals surface area contributed by atoms with Gasteiger partial charge < -0.3 is 4.57 Å². The molecule has 1 atom stereocenters. The molecule has 1 unspecified atom stereocenters. The van der Waals surface area contributed by atoms with Crippen molar-refractivity contribution in [2.75, 3.05) is 0 Å². The summed E-state index contributed by atoms with van der Waals surface area (Å²) < 4.78 is 14.6. The van der Waals surface area contributed by atoms with Gasteiger partial charge in [0, 0.05) is 13.0 Å². The maximum Gasteiger partial charge on any atom is 0.167 e. The average molecular weight is 141 g/mol. The van der Waals surface area contributed by atoms with E-state index in [1.165, 1.54) is 0 Å². The van der Waals surface area contributed by atoms with Crippen LogP contribution in [-0.4, -0.2) is 14.8 Å². The Bertz CT molecular complexity index is 255. The van der Waals surface area contributed by atoms with Crippen LogP contribution < -0.4 is 0 Å². The first-order chi connectivity index (χ1) is 4.79. The molecule has 1 aromatic rings. The summed E-state index contributed by atoms with van der Waals surface area (Å²) in [4.78, 5) is 0. The van der Waals surface area contributed by atoms with Gasteiger partial charge in [-0.25, -0.2) is 4.39 Å². The molecule has 0 fully saturated rings. The first-order valence-electron chi connectivity index (χ1n) is 3.33. The minimum atomic E-state index is -0.888. The molecule has 0 N–H and O–H groups in total. The lowest BCUT2D eigenvalue weighted by atomic mass is 10.3. The quantitative estimate of drug-likeness (QED) is 0.539. The number of aryl methyl sites for hydroxylation is 1. The number of hydrogen-bond donors (Lipinski definition) is 0. The molecule has 2 heterocycles. The highest BCUT2D eigenvalue weighted by atomic mass is 19.1. The summed E-state index contributed by atoms with van der Waals surface area (Å²) in [6.45, 7) is 2.57. The first kappa shape index (κ1) is 5.82. The molecule has 0 saturated heterocycles. The van der Waals surface area contributed by atoms with Gasteiger partial charge in [0.1, 0.15) is 5.82 Å². The molecule has 0 bridgehead atoms. The Labute approximate surface area is 57.9 Å².